The minimum absolute atomic E-state index is 0.0115. The molecule has 0 unspecified atom stereocenters. The second-order valence-corrected chi connectivity index (χ2v) is 9.28. The molecule has 2 saturated heterocycles. The number of rotatable bonds is 9. The first kappa shape index (κ1) is 28.9. The molecule has 0 aliphatic carbocycles. The van der Waals surface area contributed by atoms with Gasteiger partial charge in [0.25, 0.3) is 0 Å². The average molecular weight is 551 g/mol. The third-order valence-corrected chi connectivity index (χ3v) is 6.50. The number of allylic oxidation sites excluding steroid dienone is 1. The molecule has 13 heteroatoms. The topological polar surface area (TPSA) is 216 Å². The predicted molar refractivity (Wildman–Crippen MR) is 131 cm³/mol. The second-order valence-electron chi connectivity index (χ2n) is 9.28. The molecule has 2 fully saturated rings. The van der Waals surface area contributed by atoms with Crippen molar-refractivity contribution < 1.29 is 64.6 Å². The highest BCUT2D eigenvalue weighted by Gasteiger charge is 2.53. The highest BCUT2D eigenvalue weighted by molar-refractivity contribution is 6.08. The molecular formula is C26H30O13. The van der Waals surface area contributed by atoms with Crippen molar-refractivity contribution in [3.8, 4) is 17.2 Å². The molecule has 0 spiro atoms. The fourth-order valence-electron chi connectivity index (χ4n) is 4.14. The lowest BCUT2D eigenvalue weighted by Gasteiger charge is -2.42. The molecule has 0 amide bonds. The van der Waals surface area contributed by atoms with Crippen molar-refractivity contribution in [2.75, 3.05) is 19.8 Å². The number of benzene rings is 2. The smallest absolute Gasteiger partial charge is 0.229 e. The summed E-state index contributed by atoms with van der Waals surface area (Å²) in [6.07, 6.45) is -7.74. The van der Waals surface area contributed by atoms with Crippen LogP contribution in [0.25, 0.3) is 6.08 Å². The number of phenolic OH excluding ortho intramolecular Hbond substituents is 2. The Hall–Kier alpha value is -3.11. The van der Waals surface area contributed by atoms with Crippen molar-refractivity contribution in [2.24, 2.45) is 0 Å². The molecule has 8 N–H and O–H groups in total. The number of aliphatic hydroxyl groups is 6. The molecule has 0 saturated carbocycles. The Bertz CT molecular complexity index is 1170. The van der Waals surface area contributed by atoms with Gasteiger partial charge in [-0.05, 0) is 35.9 Å². The summed E-state index contributed by atoms with van der Waals surface area (Å²) < 4.78 is 22.2. The first-order chi connectivity index (χ1) is 18.6. The highest BCUT2D eigenvalue weighted by Crippen LogP contribution is 2.32. The van der Waals surface area contributed by atoms with E-state index in [1.165, 1.54) is 36.4 Å². The molecule has 0 aromatic heterocycles. The van der Waals surface area contributed by atoms with Gasteiger partial charge in [-0.25, -0.2) is 0 Å². The van der Waals surface area contributed by atoms with E-state index in [0.29, 0.717) is 5.56 Å². The largest absolute Gasteiger partial charge is 0.508 e. The van der Waals surface area contributed by atoms with E-state index in [9.17, 15) is 45.6 Å². The summed E-state index contributed by atoms with van der Waals surface area (Å²) in [5.74, 6) is -0.810. The van der Waals surface area contributed by atoms with Crippen LogP contribution in [-0.4, -0.2) is 115 Å². The van der Waals surface area contributed by atoms with Gasteiger partial charge in [0.1, 0.15) is 47.3 Å². The van der Waals surface area contributed by atoms with Crippen LogP contribution in [0.15, 0.2) is 48.5 Å². The van der Waals surface area contributed by atoms with E-state index in [-0.39, 0.29) is 22.8 Å². The molecule has 0 bridgehead atoms. The number of ketones is 1. The van der Waals surface area contributed by atoms with Crippen molar-refractivity contribution >= 4 is 11.9 Å². The van der Waals surface area contributed by atoms with Gasteiger partial charge in [0.2, 0.25) is 6.29 Å². The molecular weight excluding hydrogens is 520 g/mol. The fourth-order valence-corrected chi connectivity index (χ4v) is 4.14. The summed E-state index contributed by atoms with van der Waals surface area (Å²) in [6.45, 7) is -1.91. The number of aliphatic hydroxyl groups excluding tert-OH is 5. The lowest BCUT2D eigenvalue weighted by Crippen LogP contribution is -2.62. The van der Waals surface area contributed by atoms with E-state index in [1.54, 1.807) is 12.1 Å². The molecule has 2 aromatic carbocycles. The lowest BCUT2D eigenvalue weighted by atomic mass is 9.98. The van der Waals surface area contributed by atoms with Gasteiger partial charge in [-0.3, -0.25) is 4.79 Å². The molecule has 13 nitrogen and oxygen atoms in total. The van der Waals surface area contributed by atoms with Gasteiger partial charge < -0.3 is 59.8 Å². The fraction of sp³-hybridized carbons (Fsp3) is 0.423. The van der Waals surface area contributed by atoms with Crippen LogP contribution in [0.5, 0.6) is 17.2 Å². The van der Waals surface area contributed by atoms with Crippen LogP contribution in [0.4, 0.5) is 0 Å². The number of carbonyl (C=O) groups excluding carboxylic acids is 1. The summed E-state index contributed by atoms with van der Waals surface area (Å²) >= 11 is 0. The second kappa shape index (κ2) is 12.0. The van der Waals surface area contributed by atoms with Crippen LogP contribution in [-0.2, 0) is 14.2 Å². The monoisotopic (exact) mass is 550 g/mol. The van der Waals surface area contributed by atoms with Gasteiger partial charge in [0.05, 0.1) is 25.4 Å². The Balaban J connectivity index is 1.46. The maximum atomic E-state index is 12.4. The SMILES string of the molecule is O=C(/C=C/c1ccc(O[C@@H]2O[C@H](CO)[C@H](O)[C@H](O)[C@H]2O[C@@H]2OC[C@](O)(CO)[C@H]2O)cc1)c1ccc(O)cc1O. The van der Waals surface area contributed by atoms with Gasteiger partial charge in [-0.1, -0.05) is 18.2 Å². The Kier molecular flexibility index (Phi) is 8.86. The van der Waals surface area contributed by atoms with Crippen LogP contribution in [0.2, 0.25) is 0 Å². The maximum Gasteiger partial charge on any atom is 0.229 e. The van der Waals surface area contributed by atoms with E-state index in [2.05, 4.69) is 0 Å². The Morgan fingerprint density at radius 1 is 1.03 bits per heavy atom. The van der Waals surface area contributed by atoms with Crippen LogP contribution in [0.3, 0.4) is 0 Å². The lowest BCUT2D eigenvalue weighted by molar-refractivity contribution is -0.318. The Labute approximate surface area is 222 Å². The zero-order chi connectivity index (χ0) is 28.3. The average Bonchev–Trinajstić information content (AvgIpc) is 3.21. The maximum absolute atomic E-state index is 12.4. The normalized spacial score (nSPS) is 32.9. The minimum atomic E-state index is -1.99. The molecule has 2 aliphatic rings. The summed E-state index contributed by atoms with van der Waals surface area (Å²) in [5, 5.41) is 79.6. The van der Waals surface area contributed by atoms with Crippen molar-refractivity contribution in [3.63, 3.8) is 0 Å². The zero-order valence-electron chi connectivity index (χ0n) is 20.5. The molecule has 2 aliphatic heterocycles. The Morgan fingerprint density at radius 2 is 1.74 bits per heavy atom. The molecule has 2 heterocycles. The predicted octanol–water partition coefficient (Wildman–Crippen LogP) is -1.36. The molecule has 0 radical (unpaired) electrons. The standard InChI is InChI=1S/C26H30O13/c27-10-19-20(32)21(33)22(39-25-23(34)26(35,11-28)12-36-25)24(38-19)37-15-5-1-13(2-6-15)3-8-17(30)16-7-4-14(29)9-18(16)31/h1-9,19-25,27-29,31-35H,10-12H2/b8-3+/t19-,20+,21+,22-,23+,24-,25+,26-/m1/s1. The first-order valence-electron chi connectivity index (χ1n) is 12.0. The Morgan fingerprint density at radius 3 is 2.36 bits per heavy atom. The molecule has 8 atom stereocenters. The van der Waals surface area contributed by atoms with Crippen molar-refractivity contribution in [1.82, 2.24) is 0 Å². The van der Waals surface area contributed by atoms with Gasteiger partial charge in [0, 0.05) is 6.07 Å². The van der Waals surface area contributed by atoms with Gasteiger partial charge in [0.15, 0.2) is 18.2 Å². The number of ether oxygens (including phenoxy) is 4. The number of hydrogen-bond donors (Lipinski definition) is 8. The summed E-state index contributed by atoms with van der Waals surface area (Å²) in [4.78, 5) is 12.4. The van der Waals surface area contributed by atoms with Crippen LogP contribution in [0.1, 0.15) is 15.9 Å². The number of aromatic hydroxyl groups is 2. The van der Waals surface area contributed by atoms with Crippen molar-refractivity contribution in [1.29, 1.82) is 0 Å². The molecule has 4 rings (SSSR count). The van der Waals surface area contributed by atoms with Crippen LogP contribution >= 0.6 is 0 Å². The third kappa shape index (κ3) is 6.22. The third-order valence-electron chi connectivity index (χ3n) is 6.50. The van der Waals surface area contributed by atoms with E-state index in [1.807, 2.05) is 0 Å². The van der Waals surface area contributed by atoms with E-state index in [4.69, 9.17) is 18.9 Å². The highest BCUT2D eigenvalue weighted by atomic mass is 16.8. The zero-order valence-corrected chi connectivity index (χ0v) is 20.5. The minimum Gasteiger partial charge on any atom is -0.508 e. The van der Waals surface area contributed by atoms with Crippen molar-refractivity contribution in [3.05, 3.63) is 59.7 Å². The van der Waals surface area contributed by atoms with E-state index >= 15 is 0 Å². The number of carbonyl (C=O) groups is 1. The van der Waals surface area contributed by atoms with Crippen LogP contribution in [0, 0.1) is 0 Å². The van der Waals surface area contributed by atoms with Crippen molar-refractivity contribution in [2.45, 2.75) is 48.7 Å². The molecule has 2 aromatic rings. The first-order valence-corrected chi connectivity index (χ1v) is 12.0. The van der Waals surface area contributed by atoms with Gasteiger partial charge >= 0.3 is 0 Å². The summed E-state index contributed by atoms with van der Waals surface area (Å²) in [5.41, 5.74) is -1.39. The van der Waals surface area contributed by atoms with E-state index < -0.39 is 74.3 Å². The number of phenols is 2. The van der Waals surface area contributed by atoms with Crippen LogP contribution < -0.4 is 4.74 Å². The molecule has 212 valence electrons. The van der Waals surface area contributed by atoms with Gasteiger partial charge in [-0.15, -0.1) is 0 Å². The number of hydrogen-bond acceptors (Lipinski definition) is 13. The van der Waals surface area contributed by atoms with E-state index in [0.717, 1.165) is 6.07 Å². The van der Waals surface area contributed by atoms with Gasteiger partial charge in [-0.2, -0.15) is 0 Å². The summed E-state index contributed by atoms with van der Waals surface area (Å²) in [6, 6.07) is 9.84. The molecule has 39 heavy (non-hydrogen) atoms. The summed E-state index contributed by atoms with van der Waals surface area (Å²) in [7, 11) is 0. The quantitative estimate of drug-likeness (QED) is 0.134.